The van der Waals surface area contributed by atoms with Gasteiger partial charge in [0.05, 0.1) is 11.0 Å². The van der Waals surface area contributed by atoms with Crippen molar-refractivity contribution in [2.24, 2.45) is 0 Å². The summed E-state index contributed by atoms with van der Waals surface area (Å²) in [5.74, 6) is -0.431. The lowest BCUT2D eigenvalue weighted by Gasteiger charge is -2.12. The van der Waals surface area contributed by atoms with Crippen molar-refractivity contribution in [3.63, 3.8) is 0 Å². The molecule has 1 aliphatic heterocycles. The summed E-state index contributed by atoms with van der Waals surface area (Å²) in [6.45, 7) is 2.83. The number of rotatable bonds is 7. The van der Waals surface area contributed by atoms with E-state index in [1.165, 1.54) is 29.5 Å². The first-order valence-electron chi connectivity index (χ1n) is 8.33. The van der Waals surface area contributed by atoms with Crippen LogP contribution in [-0.2, 0) is 21.2 Å². The van der Waals surface area contributed by atoms with Crippen LogP contribution in [0.5, 0.6) is 0 Å². The third-order valence-electron chi connectivity index (χ3n) is 3.92. The number of aryl methyl sites for hydroxylation is 1. The molecule has 0 unspecified atom stereocenters. The Morgan fingerprint density at radius 1 is 1.38 bits per heavy atom. The summed E-state index contributed by atoms with van der Waals surface area (Å²) < 4.78 is 32.9. The molecule has 2 heterocycles. The first-order valence-corrected chi connectivity index (χ1v) is 10.6. The van der Waals surface area contributed by atoms with E-state index in [-0.39, 0.29) is 23.1 Å². The van der Waals surface area contributed by atoms with Crippen LogP contribution in [0.4, 0.5) is 5.13 Å². The van der Waals surface area contributed by atoms with Gasteiger partial charge in [-0.3, -0.25) is 10.1 Å². The highest BCUT2D eigenvalue weighted by atomic mass is 32.2. The number of anilines is 1. The minimum Gasteiger partial charge on any atom is -0.377 e. The maximum atomic E-state index is 12.4. The van der Waals surface area contributed by atoms with Gasteiger partial charge in [0.1, 0.15) is 5.01 Å². The Balaban J connectivity index is 1.68. The van der Waals surface area contributed by atoms with Crippen LogP contribution in [0.25, 0.3) is 0 Å². The van der Waals surface area contributed by atoms with Gasteiger partial charge in [0.15, 0.2) is 0 Å². The third kappa shape index (κ3) is 4.64. The molecular weight excluding hydrogens is 376 g/mol. The average molecular weight is 396 g/mol. The number of aromatic nitrogens is 2. The van der Waals surface area contributed by atoms with Crippen molar-refractivity contribution in [2.45, 2.75) is 37.2 Å². The van der Waals surface area contributed by atoms with Crippen LogP contribution in [0.1, 0.15) is 35.1 Å². The molecule has 1 saturated heterocycles. The SMILES string of the molecule is CCc1nnc(NC(=O)c2cccc(S(=O)(=O)NC[C@@H]3CCCO3)c2)s1. The Morgan fingerprint density at radius 2 is 2.23 bits per heavy atom. The predicted octanol–water partition coefficient (Wildman–Crippen LogP) is 1.81. The van der Waals surface area contributed by atoms with Crippen LogP contribution in [-0.4, -0.2) is 43.8 Å². The van der Waals surface area contributed by atoms with E-state index in [4.69, 9.17) is 4.74 Å². The molecule has 1 amide bonds. The molecule has 3 rings (SSSR count). The molecule has 0 bridgehead atoms. The summed E-state index contributed by atoms with van der Waals surface area (Å²) in [6.07, 6.45) is 2.42. The molecule has 0 spiro atoms. The van der Waals surface area contributed by atoms with Gasteiger partial charge in [-0.1, -0.05) is 24.3 Å². The highest BCUT2D eigenvalue weighted by Gasteiger charge is 2.21. The minimum absolute atomic E-state index is 0.0367. The lowest BCUT2D eigenvalue weighted by molar-refractivity contribution is 0.102. The van der Waals surface area contributed by atoms with Crippen LogP contribution in [0.15, 0.2) is 29.2 Å². The van der Waals surface area contributed by atoms with Crippen molar-refractivity contribution >= 4 is 32.4 Å². The Kier molecular flexibility index (Phi) is 5.97. The van der Waals surface area contributed by atoms with Crippen LogP contribution >= 0.6 is 11.3 Å². The average Bonchev–Trinajstić information content (AvgIpc) is 3.32. The summed E-state index contributed by atoms with van der Waals surface area (Å²) in [6, 6.07) is 5.88. The standard InChI is InChI=1S/C16H20N4O4S2/c1-2-14-19-20-16(25-14)18-15(21)11-5-3-7-13(9-11)26(22,23)17-10-12-6-4-8-24-12/h3,5,7,9,12,17H,2,4,6,8,10H2,1H3,(H,18,20,21)/t12-/m0/s1. The fourth-order valence-corrected chi connectivity index (χ4v) is 4.30. The maximum Gasteiger partial charge on any atom is 0.257 e. The number of carbonyl (C=O) groups is 1. The second kappa shape index (κ2) is 8.21. The molecular formula is C16H20N4O4S2. The second-order valence-corrected chi connectivity index (χ2v) is 8.65. The van der Waals surface area contributed by atoms with Crippen molar-refractivity contribution in [3.8, 4) is 0 Å². The number of nitrogens with zero attached hydrogens (tertiary/aromatic N) is 2. The van der Waals surface area contributed by atoms with Crippen LogP contribution in [0, 0.1) is 0 Å². The molecule has 0 radical (unpaired) electrons. The van der Waals surface area contributed by atoms with Crippen LogP contribution in [0.3, 0.4) is 0 Å². The zero-order valence-electron chi connectivity index (χ0n) is 14.3. The van der Waals surface area contributed by atoms with Gasteiger partial charge >= 0.3 is 0 Å². The largest absolute Gasteiger partial charge is 0.377 e. The van der Waals surface area contributed by atoms with Gasteiger partial charge < -0.3 is 4.74 Å². The Hall–Kier alpha value is -1.88. The highest BCUT2D eigenvalue weighted by molar-refractivity contribution is 7.89. The van der Waals surface area contributed by atoms with E-state index in [0.717, 1.165) is 24.3 Å². The zero-order valence-corrected chi connectivity index (χ0v) is 15.9. The molecule has 10 heteroatoms. The summed E-state index contributed by atoms with van der Waals surface area (Å²) >= 11 is 1.29. The quantitative estimate of drug-likeness (QED) is 0.738. The molecule has 0 saturated carbocycles. The molecule has 1 fully saturated rings. The number of ether oxygens (including phenoxy) is 1. The molecule has 1 aromatic carbocycles. The van der Waals surface area contributed by atoms with Crippen molar-refractivity contribution in [2.75, 3.05) is 18.5 Å². The fourth-order valence-electron chi connectivity index (χ4n) is 2.51. The van der Waals surface area contributed by atoms with Crippen molar-refractivity contribution < 1.29 is 17.9 Å². The van der Waals surface area contributed by atoms with Gasteiger partial charge in [-0.05, 0) is 37.5 Å². The number of hydrogen-bond acceptors (Lipinski definition) is 7. The molecule has 0 aliphatic carbocycles. The van der Waals surface area contributed by atoms with Crippen LogP contribution < -0.4 is 10.0 Å². The number of hydrogen-bond donors (Lipinski definition) is 2. The van der Waals surface area contributed by atoms with E-state index >= 15 is 0 Å². The summed E-state index contributed by atoms with van der Waals surface area (Å²) in [5, 5.41) is 11.7. The van der Waals surface area contributed by atoms with Gasteiger partial charge in [0.25, 0.3) is 5.91 Å². The Labute approximate surface area is 156 Å². The molecule has 1 atom stereocenters. The molecule has 8 nitrogen and oxygen atoms in total. The molecule has 1 aromatic heterocycles. The second-order valence-electron chi connectivity index (χ2n) is 5.82. The normalized spacial score (nSPS) is 17.3. The number of amides is 1. The molecule has 26 heavy (non-hydrogen) atoms. The molecule has 140 valence electrons. The van der Waals surface area contributed by atoms with Gasteiger partial charge in [-0.15, -0.1) is 10.2 Å². The maximum absolute atomic E-state index is 12.4. The van der Waals surface area contributed by atoms with E-state index in [2.05, 4.69) is 20.2 Å². The molecule has 2 aromatic rings. The van der Waals surface area contributed by atoms with Crippen molar-refractivity contribution in [1.29, 1.82) is 0 Å². The van der Waals surface area contributed by atoms with Crippen molar-refractivity contribution in [3.05, 3.63) is 34.8 Å². The third-order valence-corrected chi connectivity index (χ3v) is 6.33. The number of benzene rings is 1. The zero-order chi connectivity index (χ0) is 18.6. The first kappa shape index (κ1) is 18.9. The highest BCUT2D eigenvalue weighted by Crippen LogP contribution is 2.18. The summed E-state index contributed by atoms with van der Waals surface area (Å²) in [5.41, 5.74) is 0.234. The minimum atomic E-state index is -3.71. The Morgan fingerprint density at radius 3 is 2.92 bits per heavy atom. The number of sulfonamides is 1. The fraction of sp³-hybridized carbons (Fsp3) is 0.438. The summed E-state index contributed by atoms with van der Waals surface area (Å²) in [7, 11) is -3.71. The van der Waals surface area contributed by atoms with Gasteiger partial charge in [-0.2, -0.15) is 0 Å². The number of carbonyl (C=O) groups excluding carboxylic acids is 1. The van der Waals surface area contributed by atoms with Crippen molar-refractivity contribution in [1.82, 2.24) is 14.9 Å². The van der Waals surface area contributed by atoms with E-state index in [0.29, 0.717) is 11.7 Å². The van der Waals surface area contributed by atoms with E-state index < -0.39 is 15.9 Å². The predicted molar refractivity (Wildman–Crippen MR) is 97.8 cm³/mol. The first-order chi connectivity index (χ1) is 12.5. The topological polar surface area (TPSA) is 110 Å². The Bertz CT molecular complexity index is 876. The van der Waals surface area contributed by atoms with E-state index in [9.17, 15) is 13.2 Å². The van der Waals surface area contributed by atoms with Crippen LogP contribution in [0.2, 0.25) is 0 Å². The van der Waals surface area contributed by atoms with Gasteiger partial charge in [-0.25, -0.2) is 13.1 Å². The summed E-state index contributed by atoms with van der Waals surface area (Å²) in [4.78, 5) is 12.4. The molecule has 2 N–H and O–H groups in total. The molecule has 1 aliphatic rings. The van der Waals surface area contributed by atoms with Gasteiger partial charge in [0, 0.05) is 18.7 Å². The smallest absolute Gasteiger partial charge is 0.257 e. The van der Waals surface area contributed by atoms with E-state index in [1.54, 1.807) is 6.07 Å². The number of nitrogens with one attached hydrogen (secondary N) is 2. The lowest BCUT2D eigenvalue weighted by Crippen LogP contribution is -2.32. The van der Waals surface area contributed by atoms with E-state index in [1.807, 2.05) is 6.92 Å². The lowest BCUT2D eigenvalue weighted by atomic mass is 10.2. The monoisotopic (exact) mass is 396 g/mol. The van der Waals surface area contributed by atoms with Gasteiger partial charge in [0.2, 0.25) is 15.2 Å².